The van der Waals surface area contributed by atoms with E-state index in [9.17, 15) is 13.2 Å². The molecule has 0 rings (SSSR count). The average Bonchev–Trinajstić information content (AvgIpc) is 1.97. The maximum atomic E-state index is 10.7. The molecule has 0 radical (unpaired) electrons. The molecule has 2 N–H and O–H groups in total. The minimum atomic E-state index is -3.18. The molecule has 0 saturated heterocycles. The van der Waals surface area contributed by atoms with Gasteiger partial charge in [-0.25, -0.2) is 17.9 Å². The number of nitrogens with one attached hydrogen (secondary N) is 2. The normalized spacial score (nSPS) is 10.9. The largest absolute Gasteiger partial charge is 0.450 e. The smallest absolute Gasteiger partial charge is 0.407 e. The lowest BCUT2D eigenvalue weighted by atomic mass is 10.6. The molecule has 0 bridgehead atoms. The fourth-order valence-corrected chi connectivity index (χ4v) is 1.06. The summed E-state index contributed by atoms with van der Waals surface area (Å²) in [6.45, 7) is 2.36. The molecule has 13 heavy (non-hydrogen) atoms. The van der Waals surface area contributed by atoms with Gasteiger partial charge in [0.25, 0.3) is 0 Å². The van der Waals surface area contributed by atoms with E-state index in [0.717, 1.165) is 6.26 Å². The highest BCUT2D eigenvalue weighted by molar-refractivity contribution is 7.88. The van der Waals surface area contributed by atoms with Gasteiger partial charge in [0.2, 0.25) is 10.0 Å². The van der Waals surface area contributed by atoms with Crippen LogP contribution in [-0.2, 0) is 14.8 Å². The summed E-state index contributed by atoms with van der Waals surface area (Å²) in [6, 6.07) is 0. The van der Waals surface area contributed by atoms with Crippen LogP contribution < -0.4 is 10.0 Å². The van der Waals surface area contributed by atoms with E-state index in [1.165, 1.54) is 0 Å². The van der Waals surface area contributed by atoms with Crippen LogP contribution in [0.5, 0.6) is 0 Å². The van der Waals surface area contributed by atoms with Crippen LogP contribution in [-0.4, -0.2) is 40.5 Å². The second-order valence-corrected chi connectivity index (χ2v) is 4.15. The van der Waals surface area contributed by atoms with Gasteiger partial charge >= 0.3 is 6.09 Å². The van der Waals surface area contributed by atoms with Crippen LogP contribution in [0.1, 0.15) is 6.92 Å². The SMILES string of the molecule is CCOC(=O)NCCNS(C)(=O)=O. The highest BCUT2D eigenvalue weighted by Gasteiger charge is 2.01. The molecule has 0 aromatic rings. The van der Waals surface area contributed by atoms with E-state index >= 15 is 0 Å². The first kappa shape index (κ1) is 12.2. The molecule has 0 saturated carbocycles. The molecule has 0 atom stereocenters. The van der Waals surface area contributed by atoms with Crippen LogP contribution in [0.15, 0.2) is 0 Å². The Morgan fingerprint density at radius 1 is 1.38 bits per heavy atom. The predicted molar refractivity (Wildman–Crippen MR) is 47.9 cm³/mol. The van der Waals surface area contributed by atoms with Crippen molar-refractivity contribution in [2.45, 2.75) is 6.92 Å². The number of rotatable bonds is 5. The van der Waals surface area contributed by atoms with E-state index < -0.39 is 16.1 Å². The number of alkyl carbamates (subject to hydrolysis) is 1. The molecule has 0 fully saturated rings. The van der Waals surface area contributed by atoms with Crippen molar-refractivity contribution in [3.8, 4) is 0 Å². The Bertz CT molecular complexity index is 249. The first-order chi connectivity index (χ1) is 5.95. The first-order valence-corrected chi connectivity index (χ1v) is 5.70. The average molecular weight is 210 g/mol. The standard InChI is InChI=1S/C6H14N2O4S/c1-3-12-6(9)7-4-5-8-13(2,10)11/h8H,3-5H2,1-2H3,(H,7,9). The van der Waals surface area contributed by atoms with E-state index in [1.807, 2.05) is 0 Å². The van der Waals surface area contributed by atoms with E-state index in [4.69, 9.17) is 0 Å². The highest BCUT2D eigenvalue weighted by atomic mass is 32.2. The summed E-state index contributed by atoms with van der Waals surface area (Å²) >= 11 is 0. The minimum absolute atomic E-state index is 0.164. The van der Waals surface area contributed by atoms with Crippen molar-refractivity contribution < 1.29 is 17.9 Å². The number of ether oxygens (including phenoxy) is 1. The van der Waals surface area contributed by atoms with Gasteiger partial charge in [-0.2, -0.15) is 0 Å². The van der Waals surface area contributed by atoms with Crippen molar-refractivity contribution in [1.82, 2.24) is 10.0 Å². The lowest BCUT2D eigenvalue weighted by Crippen LogP contribution is -2.34. The van der Waals surface area contributed by atoms with Crippen molar-refractivity contribution in [3.63, 3.8) is 0 Å². The quantitative estimate of drug-likeness (QED) is 0.587. The van der Waals surface area contributed by atoms with Gasteiger partial charge in [0.05, 0.1) is 12.9 Å². The zero-order valence-corrected chi connectivity index (χ0v) is 8.48. The maximum absolute atomic E-state index is 10.7. The Hall–Kier alpha value is -0.820. The summed E-state index contributed by atoms with van der Waals surface area (Å²) in [5.41, 5.74) is 0. The molecule has 78 valence electrons. The van der Waals surface area contributed by atoms with E-state index in [-0.39, 0.29) is 13.1 Å². The molecule has 0 aliphatic heterocycles. The molecular formula is C6H14N2O4S. The van der Waals surface area contributed by atoms with Gasteiger partial charge in [-0.3, -0.25) is 0 Å². The van der Waals surface area contributed by atoms with Crippen molar-refractivity contribution >= 4 is 16.1 Å². The number of carbonyl (C=O) groups is 1. The highest BCUT2D eigenvalue weighted by Crippen LogP contribution is 1.75. The van der Waals surface area contributed by atoms with Crippen molar-refractivity contribution in [2.75, 3.05) is 26.0 Å². The Morgan fingerprint density at radius 3 is 2.46 bits per heavy atom. The number of amides is 1. The fourth-order valence-electron chi connectivity index (χ4n) is 0.583. The second kappa shape index (κ2) is 5.76. The number of hydrogen-bond donors (Lipinski definition) is 2. The first-order valence-electron chi connectivity index (χ1n) is 3.81. The van der Waals surface area contributed by atoms with Crippen LogP contribution >= 0.6 is 0 Å². The van der Waals surface area contributed by atoms with Crippen LogP contribution in [0.3, 0.4) is 0 Å². The number of carbonyl (C=O) groups excluding carboxylic acids is 1. The molecule has 6 nitrogen and oxygen atoms in total. The predicted octanol–water partition coefficient (Wildman–Crippen LogP) is -0.718. The van der Waals surface area contributed by atoms with Crippen molar-refractivity contribution in [1.29, 1.82) is 0 Å². The minimum Gasteiger partial charge on any atom is -0.450 e. The molecule has 0 heterocycles. The van der Waals surface area contributed by atoms with E-state index in [2.05, 4.69) is 14.8 Å². The Balaban J connectivity index is 3.41. The van der Waals surface area contributed by atoms with Gasteiger partial charge in [-0.1, -0.05) is 0 Å². The second-order valence-electron chi connectivity index (χ2n) is 2.31. The Labute approximate surface area is 77.7 Å². The maximum Gasteiger partial charge on any atom is 0.407 e. The van der Waals surface area contributed by atoms with Gasteiger partial charge in [0.15, 0.2) is 0 Å². The van der Waals surface area contributed by atoms with Gasteiger partial charge in [0, 0.05) is 13.1 Å². The third-order valence-electron chi connectivity index (χ3n) is 1.03. The topological polar surface area (TPSA) is 84.5 Å². The van der Waals surface area contributed by atoms with Crippen LogP contribution in [0.2, 0.25) is 0 Å². The summed E-state index contributed by atoms with van der Waals surface area (Å²) in [6.07, 6.45) is 0.509. The summed E-state index contributed by atoms with van der Waals surface area (Å²) in [7, 11) is -3.18. The van der Waals surface area contributed by atoms with Crippen LogP contribution in [0, 0.1) is 0 Å². The van der Waals surface area contributed by atoms with Gasteiger partial charge in [-0.05, 0) is 6.92 Å². The zero-order valence-electron chi connectivity index (χ0n) is 7.66. The summed E-state index contributed by atoms with van der Waals surface area (Å²) in [5, 5.41) is 2.37. The van der Waals surface area contributed by atoms with E-state index in [1.54, 1.807) is 6.92 Å². The third kappa shape index (κ3) is 9.09. The number of hydrogen-bond acceptors (Lipinski definition) is 4. The summed E-state index contributed by atoms with van der Waals surface area (Å²) in [4.78, 5) is 10.7. The lowest BCUT2D eigenvalue weighted by Gasteiger charge is -2.04. The third-order valence-corrected chi connectivity index (χ3v) is 1.76. The van der Waals surface area contributed by atoms with Gasteiger partial charge in [0.1, 0.15) is 0 Å². The molecule has 1 amide bonds. The lowest BCUT2D eigenvalue weighted by molar-refractivity contribution is 0.152. The molecule has 0 aromatic carbocycles. The summed E-state index contributed by atoms with van der Waals surface area (Å²) in [5.74, 6) is 0. The monoisotopic (exact) mass is 210 g/mol. The van der Waals surface area contributed by atoms with Crippen molar-refractivity contribution in [2.24, 2.45) is 0 Å². The molecule has 0 unspecified atom stereocenters. The van der Waals surface area contributed by atoms with Crippen LogP contribution in [0.25, 0.3) is 0 Å². The molecule has 0 aromatic heterocycles. The van der Waals surface area contributed by atoms with Gasteiger partial charge < -0.3 is 10.1 Å². The van der Waals surface area contributed by atoms with Crippen LogP contribution in [0.4, 0.5) is 4.79 Å². The zero-order chi connectivity index (χ0) is 10.3. The Morgan fingerprint density at radius 2 is 2.00 bits per heavy atom. The fraction of sp³-hybridized carbons (Fsp3) is 0.833. The number of sulfonamides is 1. The van der Waals surface area contributed by atoms with Crippen molar-refractivity contribution in [3.05, 3.63) is 0 Å². The Kier molecular flexibility index (Phi) is 5.40. The molecule has 0 aliphatic carbocycles. The molecule has 0 spiro atoms. The molecule has 0 aliphatic rings. The summed E-state index contributed by atoms with van der Waals surface area (Å²) < 4.78 is 27.9. The van der Waals surface area contributed by atoms with E-state index in [0.29, 0.717) is 6.61 Å². The molecule has 7 heteroatoms. The molecular weight excluding hydrogens is 196 g/mol. The van der Waals surface area contributed by atoms with Gasteiger partial charge in [-0.15, -0.1) is 0 Å².